The molecule has 0 aromatic heterocycles. The molecule has 1 aliphatic rings. The van der Waals surface area contributed by atoms with E-state index in [0.717, 1.165) is 6.54 Å². The molecule has 1 saturated carbocycles. The average Bonchev–Trinajstić information content (AvgIpc) is 2.21. The first kappa shape index (κ1) is 11.3. The standard InChI is InChI=1S/C11H21N2O/c1-3-12-11(14)13(4-2)10-8-6-5-7-9-10/h10H,3-9H2,1-2H3. The molecule has 0 N–H and O–H groups in total. The van der Waals surface area contributed by atoms with Crippen LogP contribution in [0.2, 0.25) is 0 Å². The second kappa shape index (κ2) is 5.89. The SMILES string of the molecule is CC[N]C(=O)N(CC)C1CCCCC1. The summed E-state index contributed by atoms with van der Waals surface area (Å²) in [7, 11) is 0. The lowest BCUT2D eigenvalue weighted by molar-refractivity contribution is 0.159. The van der Waals surface area contributed by atoms with E-state index in [1.54, 1.807) is 0 Å². The fourth-order valence-corrected chi connectivity index (χ4v) is 2.17. The molecule has 2 amide bonds. The molecule has 3 nitrogen and oxygen atoms in total. The highest BCUT2D eigenvalue weighted by atomic mass is 16.2. The number of urea groups is 1. The second-order valence-corrected chi connectivity index (χ2v) is 3.83. The van der Waals surface area contributed by atoms with Crippen molar-refractivity contribution in [1.29, 1.82) is 0 Å². The van der Waals surface area contributed by atoms with Gasteiger partial charge in [0, 0.05) is 19.1 Å². The van der Waals surface area contributed by atoms with Gasteiger partial charge in [0.1, 0.15) is 0 Å². The summed E-state index contributed by atoms with van der Waals surface area (Å²) in [5.41, 5.74) is 0. The Hall–Kier alpha value is -0.730. The molecule has 0 aliphatic heterocycles. The number of carbonyl (C=O) groups excluding carboxylic acids is 1. The molecule has 0 aromatic rings. The Bertz CT molecular complexity index is 176. The Labute approximate surface area is 86.9 Å². The summed E-state index contributed by atoms with van der Waals surface area (Å²) in [5, 5.41) is 3.96. The fraction of sp³-hybridized carbons (Fsp3) is 0.909. The Morgan fingerprint density at radius 2 is 1.93 bits per heavy atom. The van der Waals surface area contributed by atoms with Crippen molar-refractivity contribution in [2.75, 3.05) is 13.1 Å². The van der Waals surface area contributed by atoms with Gasteiger partial charge in [-0.3, -0.25) is 0 Å². The molecular weight excluding hydrogens is 176 g/mol. The van der Waals surface area contributed by atoms with Crippen molar-refractivity contribution in [3.8, 4) is 0 Å². The highest BCUT2D eigenvalue weighted by Crippen LogP contribution is 2.22. The molecule has 14 heavy (non-hydrogen) atoms. The van der Waals surface area contributed by atoms with Crippen LogP contribution in [0.25, 0.3) is 0 Å². The van der Waals surface area contributed by atoms with Crippen molar-refractivity contribution in [3.05, 3.63) is 0 Å². The fourth-order valence-electron chi connectivity index (χ4n) is 2.17. The average molecular weight is 197 g/mol. The van der Waals surface area contributed by atoms with E-state index >= 15 is 0 Å². The number of carbonyl (C=O) groups is 1. The number of hydrogen-bond donors (Lipinski definition) is 0. The maximum atomic E-state index is 11.6. The normalized spacial score (nSPS) is 17.9. The monoisotopic (exact) mass is 197 g/mol. The summed E-state index contributed by atoms with van der Waals surface area (Å²) < 4.78 is 0. The van der Waals surface area contributed by atoms with Gasteiger partial charge in [-0.05, 0) is 26.7 Å². The van der Waals surface area contributed by atoms with Gasteiger partial charge in [-0.2, -0.15) is 0 Å². The molecule has 1 fully saturated rings. The molecule has 0 atom stereocenters. The van der Waals surface area contributed by atoms with Crippen molar-refractivity contribution in [1.82, 2.24) is 10.2 Å². The van der Waals surface area contributed by atoms with Crippen LogP contribution in [0.15, 0.2) is 0 Å². The minimum absolute atomic E-state index is 0.0121. The zero-order chi connectivity index (χ0) is 10.4. The van der Waals surface area contributed by atoms with Gasteiger partial charge < -0.3 is 4.90 Å². The Balaban J connectivity index is 2.46. The minimum Gasteiger partial charge on any atom is -0.321 e. The van der Waals surface area contributed by atoms with Crippen LogP contribution in [0.4, 0.5) is 4.79 Å². The van der Waals surface area contributed by atoms with Crippen LogP contribution >= 0.6 is 0 Å². The highest BCUT2D eigenvalue weighted by Gasteiger charge is 2.23. The van der Waals surface area contributed by atoms with Gasteiger partial charge in [-0.15, -0.1) is 0 Å². The molecule has 81 valence electrons. The third-order valence-corrected chi connectivity index (χ3v) is 2.90. The lowest BCUT2D eigenvalue weighted by atomic mass is 9.94. The molecule has 3 heteroatoms. The van der Waals surface area contributed by atoms with E-state index in [1.165, 1.54) is 32.1 Å². The van der Waals surface area contributed by atoms with Crippen LogP contribution in [0.3, 0.4) is 0 Å². The van der Waals surface area contributed by atoms with Crippen LogP contribution in [0.5, 0.6) is 0 Å². The predicted octanol–water partition coefficient (Wildman–Crippen LogP) is 2.39. The van der Waals surface area contributed by atoms with Crippen LogP contribution in [0.1, 0.15) is 46.0 Å². The Morgan fingerprint density at radius 1 is 1.29 bits per heavy atom. The number of nitrogens with zero attached hydrogens (tertiary/aromatic N) is 2. The third-order valence-electron chi connectivity index (χ3n) is 2.90. The largest absolute Gasteiger partial charge is 0.339 e. The summed E-state index contributed by atoms with van der Waals surface area (Å²) in [6, 6.07) is 0.443. The van der Waals surface area contributed by atoms with Crippen LogP contribution in [-0.2, 0) is 0 Å². The van der Waals surface area contributed by atoms with Crippen molar-refractivity contribution < 1.29 is 4.79 Å². The molecule has 0 saturated heterocycles. The smallest absolute Gasteiger partial charge is 0.321 e. The van der Waals surface area contributed by atoms with Gasteiger partial charge in [-0.1, -0.05) is 19.3 Å². The highest BCUT2D eigenvalue weighted by molar-refractivity contribution is 5.74. The van der Waals surface area contributed by atoms with E-state index in [-0.39, 0.29) is 6.03 Å². The molecule has 1 rings (SSSR count). The van der Waals surface area contributed by atoms with Crippen LogP contribution in [-0.4, -0.2) is 30.1 Å². The Morgan fingerprint density at radius 3 is 2.43 bits per heavy atom. The Kier molecular flexibility index (Phi) is 4.77. The topological polar surface area (TPSA) is 34.4 Å². The van der Waals surface area contributed by atoms with E-state index in [2.05, 4.69) is 5.32 Å². The molecule has 1 radical (unpaired) electrons. The quantitative estimate of drug-likeness (QED) is 0.684. The third kappa shape index (κ3) is 2.89. The van der Waals surface area contributed by atoms with Gasteiger partial charge in [0.05, 0.1) is 0 Å². The molecule has 0 bridgehead atoms. The van der Waals surface area contributed by atoms with Crippen LogP contribution in [0, 0.1) is 0 Å². The predicted molar refractivity (Wildman–Crippen MR) is 57.3 cm³/mol. The summed E-state index contributed by atoms with van der Waals surface area (Å²) in [6.45, 7) is 5.35. The number of amides is 2. The molecule has 0 spiro atoms. The van der Waals surface area contributed by atoms with E-state index in [4.69, 9.17) is 0 Å². The van der Waals surface area contributed by atoms with E-state index in [1.807, 2.05) is 18.7 Å². The number of hydrogen-bond acceptors (Lipinski definition) is 1. The minimum atomic E-state index is -0.0121. The first-order valence-corrected chi connectivity index (χ1v) is 5.77. The van der Waals surface area contributed by atoms with Crippen molar-refractivity contribution >= 4 is 6.03 Å². The lowest BCUT2D eigenvalue weighted by Gasteiger charge is -2.32. The first-order valence-electron chi connectivity index (χ1n) is 5.77. The lowest BCUT2D eigenvalue weighted by Crippen LogP contribution is -2.44. The zero-order valence-corrected chi connectivity index (χ0v) is 9.33. The molecule has 1 aliphatic carbocycles. The number of rotatable bonds is 3. The first-order chi connectivity index (χ1) is 6.79. The summed E-state index contributed by atoms with van der Waals surface area (Å²) >= 11 is 0. The molecule has 0 heterocycles. The van der Waals surface area contributed by atoms with Crippen molar-refractivity contribution in [2.24, 2.45) is 0 Å². The summed E-state index contributed by atoms with van der Waals surface area (Å²) in [6.07, 6.45) is 6.19. The van der Waals surface area contributed by atoms with Gasteiger partial charge in [0.2, 0.25) is 0 Å². The molecule has 0 aromatic carbocycles. The van der Waals surface area contributed by atoms with E-state index in [0.29, 0.717) is 12.6 Å². The maximum Gasteiger partial charge on any atom is 0.339 e. The maximum absolute atomic E-state index is 11.6. The van der Waals surface area contributed by atoms with Gasteiger partial charge in [-0.25, -0.2) is 10.1 Å². The van der Waals surface area contributed by atoms with E-state index < -0.39 is 0 Å². The molecular formula is C11H21N2O. The second-order valence-electron chi connectivity index (χ2n) is 3.83. The summed E-state index contributed by atoms with van der Waals surface area (Å²) in [5.74, 6) is 0. The molecule has 0 unspecified atom stereocenters. The van der Waals surface area contributed by atoms with Crippen molar-refractivity contribution in [2.45, 2.75) is 52.0 Å². The summed E-state index contributed by atoms with van der Waals surface area (Å²) in [4.78, 5) is 13.6. The van der Waals surface area contributed by atoms with Crippen molar-refractivity contribution in [3.63, 3.8) is 0 Å². The van der Waals surface area contributed by atoms with Gasteiger partial charge in [0.15, 0.2) is 0 Å². The van der Waals surface area contributed by atoms with Gasteiger partial charge >= 0.3 is 6.03 Å². The van der Waals surface area contributed by atoms with Gasteiger partial charge in [0.25, 0.3) is 0 Å². The van der Waals surface area contributed by atoms with Crippen LogP contribution < -0.4 is 5.32 Å². The zero-order valence-electron chi connectivity index (χ0n) is 9.33. The van der Waals surface area contributed by atoms with E-state index in [9.17, 15) is 4.79 Å².